The fraction of sp³-hybridized carbons (Fsp3) is 0.0870. The van der Waals surface area contributed by atoms with Gasteiger partial charge in [-0.25, -0.2) is 0 Å². The predicted molar refractivity (Wildman–Crippen MR) is 216 cm³/mol. The van der Waals surface area contributed by atoms with Gasteiger partial charge in [0.15, 0.2) is 0 Å². The van der Waals surface area contributed by atoms with Gasteiger partial charge < -0.3 is 8.83 Å². The molecule has 238 valence electrons. The molecule has 0 aliphatic carbocycles. The molecule has 0 unspecified atom stereocenters. The highest BCUT2D eigenvalue weighted by Crippen LogP contribution is 2.47. The van der Waals surface area contributed by atoms with Crippen LogP contribution in [0.25, 0.3) is 88.4 Å². The molecule has 11 rings (SSSR count). The summed E-state index contributed by atoms with van der Waals surface area (Å²) in [7, 11) is -4.45. The number of furan rings is 2. The molecule has 0 N–H and O–H groups in total. The monoisotopic (exact) mass is 674 g/mol. The second-order valence-electron chi connectivity index (χ2n) is 15.2. The molecular formula is C46H34O2Si2. The molecule has 0 spiro atoms. The minimum Gasteiger partial charge on any atom is -0.455 e. The summed E-state index contributed by atoms with van der Waals surface area (Å²) in [5.41, 5.74) is 14.3. The first-order chi connectivity index (χ1) is 24.3. The molecule has 0 fully saturated rings. The van der Waals surface area contributed by atoms with E-state index >= 15 is 0 Å². The van der Waals surface area contributed by atoms with Crippen molar-refractivity contribution in [1.29, 1.82) is 0 Å². The molecule has 50 heavy (non-hydrogen) atoms. The Kier molecular flexibility index (Phi) is 5.47. The van der Waals surface area contributed by atoms with E-state index in [4.69, 9.17) is 8.83 Å². The summed E-state index contributed by atoms with van der Waals surface area (Å²) >= 11 is 0. The first kappa shape index (κ1) is 28.4. The lowest BCUT2D eigenvalue weighted by molar-refractivity contribution is 0.670. The Morgan fingerprint density at radius 2 is 0.860 bits per heavy atom. The van der Waals surface area contributed by atoms with Crippen LogP contribution in [0.3, 0.4) is 0 Å². The summed E-state index contributed by atoms with van der Waals surface area (Å²) in [4.78, 5) is 0. The molecular weight excluding hydrogens is 641 g/mol. The van der Waals surface area contributed by atoms with Crippen LogP contribution >= 0.6 is 0 Å². The zero-order valence-electron chi connectivity index (χ0n) is 28.5. The zero-order chi connectivity index (χ0) is 33.5. The van der Waals surface area contributed by atoms with Gasteiger partial charge in [-0.3, -0.25) is 0 Å². The van der Waals surface area contributed by atoms with Gasteiger partial charge in [-0.1, -0.05) is 148 Å². The summed E-state index contributed by atoms with van der Waals surface area (Å²) in [6, 6.07) is 48.8. The zero-order valence-corrected chi connectivity index (χ0v) is 30.5. The Morgan fingerprint density at radius 3 is 1.48 bits per heavy atom. The van der Waals surface area contributed by atoms with Crippen LogP contribution in [0.2, 0.25) is 26.2 Å². The van der Waals surface area contributed by atoms with Crippen molar-refractivity contribution in [1.82, 2.24) is 0 Å². The van der Waals surface area contributed by atoms with Gasteiger partial charge in [-0.2, -0.15) is 0 Å². The van der Waals surface area contributed by atoms with E-state index in [1.165, 1.54) is 76.4 Å². The number of benzene rings is 7. The van der Waals surface area contributed by atoms with Gasteiger partial charge in [-0.05, 0) is 66.3 Å². The van der Waals surface area contributed by atoms with Gasteiger partial charge in [0.1, 0.15) is 38.5 Å². The van der Waals surface area contributed by atoms with E-state index < -0.39 is 16.1 Å². The molecule has 7 aromatic carbocycles. The number of rotatable bonds is 2. The van der Waals surface area contributed by atoms with E-state index in [1.54, 1.807) is 10.4 Å². The Balaban J connectivity index is 1.26. The Morgan fingerprint density at radius 1 is 0.400 bits per heavy atom. The van der Waals surface area contributed by atoms with Gasteiger partial charge >= 0.3 is 0 Å². The third-order valence-electron chi connectivity index (χ3n) is 11.8. The van der Waals surface area contributed by atoms with Crippen LogP contribution in [0.5, 0.6) is 0 Å². The molecule has 9 aromatic rings. The number of hydrogen-bond acceptors (Lipinski definition) is 2. The Hall–Kier alpha value is -5.43. The van der Waals surface area contributed by atoms with Crippen LogP contribution in [0.1, 0.15) is 0 Å². The Bertz CT molecular complexity index is 2910. The molecule has 0 atom stereocenters. The topological polar surface area (TPSA) is 26.3 Å². The lowest BCUT2D eigenvalue weighted by Crippen LogP contribution is -2.63. The molecule has 0 amide bonds. The van der Waals surface area contributed by atoms with Crippen LogP contribution < -0.4 is 20.7 Å². The van der Waals surface area contributed by atoms with Crippen molar-refractivity contribution in [3.63, 3.8) is 0 Å². The molecule has 2 aliphatic heterocycles. The van der Waals surface area contributed by atoms with Crippen LogP contribution in [0.4, 0.5) is 0 Å². The minimum atomic E-state index is -2.23. The molecule has 2 aromatic heterocycles. The largest absolute Gasteiger partial charge is 0.455 e. The van der Waals surface area contributed by atoms with Crippen molar-refractivity contribution in [2.45, 2.75) is 26.2 Å². The fourth-order valence-corrected chi connectivity index (χ4v) is 18.1. The maximum absolute atomic E-state index is 6.92. The number of fused-ring (bicyclic) bond motifs is 15. The summed E-state index contributed by atoms with van der Waals surface area (Å²) in [6.07, 6.45) is 0. The van der Waals surface area contributed by atoms with E-state index in [0.717, 1.165) is 22.3 Å². The average molecular weight is 675 g/mol. The quantitative estimate of drug-likeness (QED) is 0.171. The molecule has 0 bridgehead atoms. The molecule has 4 heteroatoms. The third-order valence-corrected chi connectivity index (χ3v) is 19.1. The lowest BCUT2D eigenvalue weighted by Gasteiger charge is -2.28. The molecule has 4 heterocycles. The molecule has 0 radical (unpaired) electrons. The maximum Gasteiger partial charge on any atom is 0.143 e. The van der Waals surface area contributed by atoms with Gasteiger partial charge in [0.25, 0.3) is 0 Å². The fourth-order valence-electron chi connectivity index (χ4n) is 9.60. The van der Waals surface area contributed by atoms with Crippen LogP contribution in [-0.4, -0.2) is 16.1 Å². The van der Waals surface area contributed by atoms with E-state index in [-0.39, 0.29) is 0 Å². The summed E-state index contributed by atoms with van der Waals surface area (Å²) in [6.45, 7) is 10.3. The van der Waals surface area contributed by atoms with E-state index in [1.807, 2.05) is 0 Å². The second kappa shape index (κ2) is 9.63. The van der Waals surface area contributed by atoms with Crippen molar-refractivity contribution in [2.24, 2.45) is 0 Å². The van der Waals surface area contributed by atoms with Gasteiger partial charge in [0.05, 0.1) is 0 Å². The number of para-hydroxylation sites is 2. The SMILES string of the molecule is C[Si]1(C)c2cc(-c3ccccc3)c3c(oc4ccccc43)c2-c2ccc3c(c21)[Si](C)(C)c1cc(-c2ccccc2)c2oc4ccccc4c2c1-3. The molecule has 2 aliphatic rings. The average Bonchev–Trinajstić information content (AvgIpc) is 3.84. The highest BCUT2D eigenvalue weighted by atomic mass is 28.3. The summed E-state index contributed by atoms with van der Waals surface area (Å²) in [5.74, 6) is 0. The minimum absolute atomic E-state index is 0.949. The molecule has 2 nitrogen and oxygen atoms in total. The number of hydrogen-bond donors (Lipinski definition) is 0. The van der Waals surface area contributed by atoms with Crippen molar-refractivity contribution >= 4 is 80.8 Å². The predicted octanol–water partition coefficient (Wildman–Crippen LogP) is 10.4. The first-order valence-corrected chi connectivity index (χ1v) is 23.6. The van der Waals surface area contributed by atoms with Gasteiger partial charge in [0.2, 0.25) is 0 Å². The van der Waals surface area contributed by atoms with Gasteiger partial charge in [-0.15, -0.1) is 0 Å². The molecule has 0 saturated carbocycles. The smallest absolute Gasteiger partial charge is 0.143 e. The maximum atomic E-state index is 6.92. The lowest BCUT2D eigenvalue weighted by atomic mass is 9.92. The van der Waals surface area contributed by atoms with Crippen molar-refractivity contribution in [2.75, 3.05) is 0 Å². The van der Waals surface area contributed by atoms with E-state index in [2.05, 4.69) is 160 Å². The first-order valence-electron chi connectivity index (χ1n) is 17.6. The normalized spacial score (nSPS) is 15.1. The van der Waals surface area contributed by atoms with E-state index in [9.17, 15) is 0 Å². The summed E-state index contributed by atoms with van der Waals surface area (Å²) in [5, 5.41) is 11.1. The molecule has 0 saturated heterocycles. The Labute approximate surface area is 292 Å². The standard InChI is InChI=1S/C46H34O2Si2/c1-49(2)37-26-34(28-17-9-6-10-18-28)43-42(30-20-12-14-22-36(30)47-43)40(37)31-23-24-32-41-38(50(3,4)46(32)45(31)49)25-33(27-15-7-5-8-16-27)39-29-19-11-13-21-35(29)48-44(39)41/h5-26H,1-4H3. The van der Waals surface area contributed by atoms with Crippen LogP contribution in [0.15, 0.2) is 142 Å². The second-order valence-corrected chi connectivity index (χ2v) is 23.8. The highest BCUT2D eigenvalue weighted by molar-refractivity contribution is 7.13. The third kappa shape index (κ3) is 3.47. The van der Waals surface area contributed by atoms with Crippen LogP contribution in [0, 0.1) is 0 Å². The van der Waals surface area contributed by atoms with E-state index in [0.29, 0.717) is 0 Å². The summed E-state index contributed by atoms with van der Waals surface area (Å²) < 4.78 is 13.7. The van der Waals surface area contributed by atoms with Crippen LogP contribution in [-0.2, 0) is 0 Å². The highest BCUT2D eigenvalue weighted by Gasteiger charge is 2.49. The van der Waals surface area contributed by atoms with Crippen molar-refractivity contribution < 1.29 is 8.83 Å². The van der Waals surface area contributed by atoms with Crippen molar-refractivity contribution in [3.05, 3.63) is 133 Å². The van der Waals surface area contributed by atoms with Crippen molar-refractivity contribution in [3.8, 4) is 44.5 Å². The van der Waals surface area contributed by atoms with Gasteiger partial charge in [0, 0.05) is 32.7 Å².